The van der Waals surface area contributed by atoms with Crippen molar-refractivity contribution in [3.8, 4) is 11.8 Å². The molecular weight excluding hydrogens is 342 g/mol. The summed E-state index contributed by atoms with van der Waals surface area (Å²) >= 11 is 2.92. The summed E-state index contributed by atoms with van der Waals surface area (Å²) in [7, 11) is 0. The lowest BCUT2D eigenvalue weighted by atomic mass is 10.2. The molecule has 0 saturated heterocycles. The van der Waals surface area contributed by atoms with Gasteiger partial charge in [0.15, 0.2) is 0 Å². The number of hydrogen-bond donors (Lipinski definition) is 1. The van der Waals surface area contributed by atoms with Gasteiger partial charge in [-0.3, -0.25) is 4.57 Å². The molecule has 0 aliphatic heterocycles. The summed E-state index contributed by atoms with van der Waals surface area (Å²) in [6.45, 7) is 0. The van der Waals surface area contributed by atoms with E-state index in [1.807, 2.05) is 6.07 Å². The summed E-state index contributed by atoms with van der Waals surface area (Å²) in [4.78, 5) is 4.09. The predicted octanol–water partition coefficient (Wildman–Crippen LogP) is 3.52. The number of nitrogen functional groups attached to an aromatic ring is 1. The third-order valence-corrected chi connectivity index (χ3v) is 3.65. The summed E-state index contributed by atoms with van der Waals surface area (Å²) in [5, 5.41) is 8.95. The van der Waals surface area contributed by atoms with Crippen LogP contribution in [0.4, 0.5) is 14.7 Å². The normalized spacial score (nSPS) is 10.8. The molecule has 3 aromatic rings. The molecule has 0 bridgehead atoms. The number of nitrogens with two attached hydrogens (primary N) is 1. The molecule has 0 amide bonds. The Morgan fingerprint density at radius 1 is 1.19 bits per heavy atom. The molecule has 104 valence electrons. The van der Waals surface area contributed by atoms with Gasteiger partial charge < -0.3 is 5.73 Å². The fraction of sp³-hybridized carbons (Fsp3) is 0. The molecule has 0 saturated carbocycles. The molecule has 0 atom stereocenters. The highest BCUT2D eigenvalue weighted by Crippen LogP contribution is 2.28. The smallest absolute Gasteiger partial charge is 0.206 e. The highest BCUT2D eigenvalue weighted by Gasteiger charge is 2.16. The zero-order valence-electron chi connectivity index (χ0n) is 10.4. The third-order valence-electron chi connectivity index (χ3n) is 3.04. The quantitative estimate of drug-likeness (QED) is 0.684. The second-order valence-corrected chi connectivity index (χ2v) is 5.19. The minimum atomic E-state index is -0.656. The zero-order valence-corrected chi connectivity index (χ0v) is 12.0. The highest BCUT2D eigenvalue weighted by molar-refractivity contribution is 9.10. The van der Waals surface area contributed by atoms with Crippen LogP contribution in [0, 0.1) is 23.0 Å². The minimum absolute atomic E-state index is 0.0145. The van der Waals surface area contributed by atoms with E-state index in [0.29, 0.717) is 16.6 Å². The molecule has 2 N–H and O–H groups in total. The molecule has 3 rings (SSSR count). The van der Waals surface area contributed by atoms with Gasteiger partial charge in [0, 0.05) is 6.07 Å². The first-order valence-electron chi connectivity index (χ1n) is 5.84. The molecule has 21 heavy (non-hydrogen) atoms. The predicted molar refractivity (Wildman–Crippen MR) is 77.8 cm³/mol. The van der Waals surface area contributed by atoms with Gasteiger partial charge in [-0.25, -0.2) is 13.8 Å². The number of halogens is 3. The maximum absolute atomic E-state index is 14.1. The van der Waals surface area contributed by atoms with Crippen molar-refractivity contribution >= 4 is 32.9 Å². The summed E-state index contributed by atoms with van der Waals surface area (Å²) in [5.41, 5.74) is 7.05. The minimum Gasteiger partial charge on any atom is -0.369 e. The number of anilines is 1. The topological polar surface area (TPSA) is 67.6 Å². The van der Waals surface area contributed by atoms with Crippen molar-refractivity contribution < 1.29 is 8.78 Å². The summed E-state index contributed by atoms with van der Waals surface area (Å²) < 4.78 is 29.1. The Bertz CT molecular complexity index is 911. The van der Waals surface area contributed by atoms with E-state index in [-0.39, 0.29) is 16.1 Å². The van der Waals surface area contributed by atoms with Crippen LogP contribution in [0.1, 0.15) is 5.56 Å². The summed E-state index contributed by atoms with van der Waals surface area (Å²) in [6.07, 6.45) is 0. The van der Waals surface area contributed by atoms with Gasteiger partial charge >= 0.3 is 0 Å². The Kier molecular flexibility index (Phi) is 3.11. The number of rotatable bonds is 1. The van der Waals surface area contributed by atoms with E-state index in [9.17, 15) is 8.78 Å². The highest BCUT2D eigenvalue weighted by atomic mass is 79.9. The Labute approximate surface area is 126 Å². The summed E-state index contributed by atoms with van der Waals surface area (Å²) in [5.74, 6) is -1.26. The van der Waals surface area contributed by atoms with Crippen LogP contribution in [0.25, 0.3) is 16.7 Å². The number of hydrogen-bond acceptors (Lipinski definition) is 3. The number of benzene rings is 2. The first-order valence-corrected chi connectivity index (χ1v) is 6.63. The molecule has 0 fully saturated rings. The van der Waals surface area contributed by atoms with Crippen molar-refractivity contribution in [3.63, 3.8) is 0 Å². The van der Waals surface area contributed by atoms with Gasteiger partial charge in [-0.05, 0) is 40.2 Å². The van der Waals surface area contributed by atoms with Crippen LogP contribution in [-0.2, 0) is 0 Å². The van der Waals surface area contributed by atoms with Gasteiger partial charge in [0.2, 0.25) is 5.95 Å². The molecule has 2 aromatic carbocycles. The Morgan fingerprint density at radius 3 is 2.67 bits per heavy atom. The van der Waals surface area contributed by atoms with E-state index in [1.165, 1.54) is 10.6 Å². The van der Waals surface area contributed by atoms with Crippen LogP contribution < -0.4 is 5.73 Å². The molecule has 0 aliphatic rings. The van der Waals surface area contributed by atoms with Crippen molar-refractivity contribution in [2.75, 3.05) is 5.73 Å². The van der Waals surface area contributed by atoms with Crippen molar-refractivity contribution in [2.45, 2.75) is 0 Å². The Hall–Kier alpha value is -2.46. The van der Waals surface area contributed by atoms with E-state index in [0.717, 1.165) is 12.1 Å². The zero-order chi connectivity index (χ0) is 15.1. The maximum Gasteiger partial charge on any atom is 0.206 e. The molecule has 0 unspecified atom stereocenters. The largest absolute Gasteiger partial charge is 0.369 e. The van der Waals surface area contributed by atoms with E-state index in [4.69, 9.17) is 11.0 Å². The lowest BCUT2D eigenvalue weighted by Crippen LogP contribution is -2.04. The average Bonchev–Trinajstić information content (AvgIpc) is 2.78. The maximum atomic E-state index is 14.1. The molecule has 0 radical (unpaired) electrons. The van der Waals surface area contributed by atoms with Crippen LogP contribution in [0.15, 0.2) is 34.8 Å². The monoisotopic (exact) mass is 348 g/mol. The lowest BCUT2D eigenvalue weighted by Gasteiger charge is -2.09. The van der Waals surface area contributed by atoms with Crippen molar-refractivity contribution in [2.24, 2.45) is 0 Å². The van der Waals surface area contributed by atoms with E-state index >= 15 is 0 Å². The van der Waals surface area contributed by atoms with E-state index in [2.05, 4.69) is 20.9 Å². The number of aromatic nitrogens is 2. The van der Waals surface area contributed by atoms with Crippen molar-refractivity contribution in [3.05, 3.63) is 52.0 Å². The van der Waals surface area contributed by atoms with Crippen molar-refractivity contribution in [1.29, 1.82) is 5.26 Å². The van der Waals surface area contributed by atoms with Gasteiger partial charge in [0.1, 0.15) is 11.6 Å². The molecule has 0 spiro atoms. The third kappa shape index (κ3) is 2.14. The van der Waals surface area contributed by atoms with Crippen molar-refractivity contribution in [1.82, 2.24) is 9.55 Å². The van der Waals surface area contributed by atoms with Gasteiger partial charge in [0.05, 0.1) is 32.8 Å². The van der Waals surface area contributed by atoms with Crippen LogP contribution >= 0.6 is 15.9 Å². The van der Waals surface area contributed by atoms with Crippen LogP contribution in [0.5, 0.6) is 0 Å². The van der Waals surface area contributed by atoms with Crippen LogP contribution in [0.2, 0.25) is 0 Å². The van der Waals surface area contributed by atoms with Gasteiger partial charge in [-0.2, -0.15) is 5.26 Å². The molecule has 1 heterocycles. The standard InChI is InChI=1S/C14H7BrF2N4/c15-8-4-10(17)12(5-9(8)16)21-13-3-7(6-18)1-2-11(13)20-14(21)19/h1-5H,(H2,19,20). The van der Waals surface area contributed by atoms with Gasteiger partial charge in [-0.15, -0.1) is 0 Å². The Balaban J connectivity index is 2.37. The van der Waals surface area contributed by atoms with Crippen LogP contribution in [0.3, 0.4) is 0 Å². The van der Waals surface area contributed by atoms with Crippen LogP contribution in [-0.4, -0.2) is 9.55 Å². The second-order valence-electron chi connectivity index (χ2n) is 4.34. The second kappa shape index (κ2) is 4.82. The first kappa shape index (κ1) is 13.5. The number of nitriles is 1. The fourth-order valence-electron chi connectivity index (χ4n) is 2.10. The number of fused-ring (bicyclic) bond motifs is 1. The van der Waals surface area contributed by atoms with Gasteiger partial charge in [-0.1, -0.05) is 0 Å². The molecule has 7 heteroatoms. The SMILES string of the molecule is N#Cc1ccc2nc(N)n(-c3cc(F)c(Br)cc3F)c2c1. The molecular formula is C14H7BrF2N4. The van der Waals surface area contributed by atoms with E-state index in [1.54, 1.807) is 12.1 Å². The Morgan fingerprint density at radius 2 is 1.95 bits per heavy atom. The number of nitrogens with zero attached hydrogens (tertiary/aromatic N) is 3. The average molecular weight is 349 g/mol. The van der Waals surface area contributed by atoms with E-state index < -0.39 is 11.6 Å². The molecule has 4 nitrogen and oxygen atoms in total. The lowest BCUT2D eigenvalue weighted by molar-refractivity contribution is 0.589. The summed E-state index contributed by atoms with van der Waals surface area (Å²) in [6, 6.07) is 8.74. The molecule has 0 aliphatic carbocycles. The fourth-order valence-corrected chi connectivity index (χ4v) is 2.42. The van der Waals surface area contributed by atoms with Gasteiger partial charge in [0.25, 0.3) is 0 Å². The molecule has 1 aromatic heterocycles. The first-order chi connectivity index (χ1) is 10.0. The number of imidazole rings is 1.